The summed E-state index contributed by atoms with van der Waals surface area (Å²) in [7, 11) is 0. The van der Waals surface area contributed by atoms with Gasteiger partial charge in [0.1, 0.15) is 17.0 Å². The van der Waals surface area contributed by atoms with E-state index in [0.717, 1.165) is 0 Å². The number of fused-ring (bicyclic) bond motifs is 1. The van der Waals surface area contributed by atoms with Crippen molar-refractivity contribution in [2.75, 3.05) is 0 Å². The van der Waals surface area contributed by atoms with Crippen molar-refractivity contribution in [2.24, 2.45) is 0 Å². The molecule has 0 aliphatic rings. The maximum atomic E-state index is 14.4. The van der Waals surface area contributed by atoms with Crippen molar-refractivity contribution in [3.05, 3.63) is 70.5 Å². The number of hydrogen-bond donors (Lipinski definition) is 1. The first kappa shape index (κ1) is 19.5. The molecule has 1 aromatic heterocycles. The van der Waals surface area contributed by atoms with Crippen LogP contribution in [0.15, 0.2) is 53.3 Å². The molecule has 0 unspecified atom stereocenters. The average Bonchev–Trinajstić information content (AvgIpc) is 2.60. The maximum Gasteiger partial charge on any atom is 0.408 e. The molecule has 0 spiro atoms. The molecule has 0 saturated heterocycles. The summed E-state index contributed by atoms with van der Waals surface area (Å²) in [6.07, 6.45) is -1.13. The van der Waals surface area contributed by atoms with Crippen LogP contribution in [0.5, 0.6) is 0 Å². The van der Waals surface area contributed by atoms with Crippen LogP contribution in [0.4, 0.5) is 9.18 Å². The zero-order valence-electron chi connectivity index (χ0n) is 16.2. The lowest BCUT2D eigenvalue weighted by atomic mass is 10.0. The zero-order valence-corrected chi connectivity index (χ0v) is 16.2. The number of carbonyl (C=O) groups is 1. The Morgan fingerprint density at radius 2 is 1.79 bits per heavy atom. The SMILES string of the molecule is C[C@@H](c1nc2cccc(F)c2c(=O)n1-c1ccccc1)N(C(=O)O)C(C)(C)C. The van der Waals surface area contributed by atoms with Gasteiger partial charge in [-0.15, -0.1) is 0 Å². The van der Waals surface area contributed by atoms with Gasteiger partial charge in [0.25, 0.3) is 5.56 Å². The number of carboxylic acid groups (broad SMARTS) is 1. The summed E-state index contributed by atoms with van der Waals surface area (Å²) < 4.78 is 15.7. The number of hydrogen-bond acceptors (Lipinski definition) is 3. The Hall–Kier alpha value is -3.22. The fourth-order valence-corrected chi connectivity index (χ4v) is 3.46. The maximum absolute atomic E-state index is 14.4. The highest BCUT2D eigenvalue weighted by atomic mass is 19.1. The van der Waals surface area contributed by atoms with E-state index in [1.54, 1.807) is 64.1 Å². The Bertz CT molecular complexity index is 1090. The highest BCUT2D eigenvalue weighted by Crippen LogP contribution is 2.29. The van der Waals surface area contributed by atoms with E-state index in [4.69, 9.17) is 0 Å². The van der Waals surface area contributed by atoms with E-state index < -0.39 is 29.1 Å². The van der Waals surface area contributed by atoms with Crippen molar-refractivity contribution in [1.29, 1.82) is 0 Å². The first-order chi connectivity index (χ1) is 13.1. The van der Waals surface area contributed by atoms with Crippen LogP contribution in [0.2, 0.25) is 0 Å². The number of para-hydroxylation sites is 1. The van der Waals surface area contributed by atoms with Crippen LogP contribution in [-0.2, 0) is 0 Å². The van der Waals surface area contributed by atoms with Crippen LogP contribution in [0.3, 0.4) is 0 Å². The molecule has 28 heavy (non-hydrogen) atoms. The summed E-state index contributed by atoms with van der Waals surface area (Å²) in [5.74, 6) is -0.434. The van der Waals surface area contributed by atoms with Crippen molar-refractivity contribution in [3.8, 4) is 5.69 Å². The quantitative estimate of drug-likeness (QED) is 0.729. The normalized spacial score (nSPS) is 12.8. The van der Waals surface area contributed by atoms with Gasteiger partial charge in [0.15, 0.2) is 0 Å². The van der Waals surface area contributed by atoms with Crippen molar-refractivity contribution in [2.45, 2.75) is 39.3 Å². The number of amides is 1. The van der Waals surface area contributed by atoms with Gasteiger partial charge in [-0.3, -0.25) is 14.3 Å². The molecule has 1 atom stereocenters. The Labute approximate surface area is 161 Å². The van der Waals surface area contributed by atoms with Crippen LogP contribution in [0, 0.1) is 5.82 Å². The lowest BCUT2D eigenvalue weighted by Crippen LogP contribution is -2.47. The van der Waals surface area contributed by atoms with Crippen molar-refractivity contribution in [1.82, 2.24) is 14.5 Å². The number of halogens is 1. The second kappa shape index (κ2) is 7.07. The van der Waals surface area contributed by atoms with Gasteiger partial charge in [-0.25, -0.2) is 14.2 Å². The number of nitrogens with zero attached hydrogens (tertiary/aromatic N) is 3. The summed E-state index contributed by atoms with van der Waals surface area (Å²) in [6, 6.07) is 12.2. The summed E-state index contributed by atoms with van der Waals surface area (Å²) in [5, 5.41) is 9.65. The number of aromatic nitrogens is 2. The molecular weight excluding hydrogens is 361 g/mol. The summed E-state index contributed by atoms with van der Waals surface area (Å²) in [6.45, 7) is 6.97. The predicted octanol–water partition coefficient (Wildman–Crippen LogP) is 4.36. The van der Waals surface area contributed by atoms with Gasteiger partial charge in [-0.2, -0.15) is 0 Å². The topological polar surface area (TPSA) is 75.4 Å². The molecule has 0 saturated carbocycles. The standard InChI is InChI=1S/C21H22FN3O3/c1-13(25(20(27)28)21(2,3)4)18-23-16-12-8-11-15(22)17(16)19(26)24(18)14-9-6-5-7-10-14/h5-13H,1-4H3,(H,27,28)/t13-/m0/s1. The molecule has 6 nitrogen and oxygen atoms in total. The van der Waals surface area contributed by atoms with Gasteiger partial charge in [0, 0.05) is 5.54 Å². The Kier molecular flexibility index (Phi) is 4.93. The third-order valence-corrected chi connectivity index (χ3v) is 4.58. The lowest BCUT2D eigenvalue weighted by molar-refractivity contribution is 0.0719. The summed E-state index contributed by atoms with van der Waals surface area (Å²) in [4.78, 5) is 30.9. The molecule has 0 aliphatic heterocycles. The van der Waals surface area contributed by atoms with Crippen LogP contribution < -0.4 is 5.56 Å². The fraction of sp³-hybridized carbons (Fsp3) is 0.286. The van der Waals surface area contributed by atoms with Crippen LogP contribution in [0.25, 0.3) is 16.6 Å². The molecule has 2 aromatic carbocycles. The molecule has 0 fully saturated rings. The van der Waals surface area contributed by atoms with E-state index in [1.807, 2.05) is 0 Å². The Morgan fingerprint density at radius 3 is 2.36 bits per heavy atom. The van der Waals surface area contributed by atoms with Gasteiger partial charge >= 0.3 is 6.09 Å². The molecule has 0 aliphatic carbocycles. The van der Waals surface area contributed by atoms with Gasteiger partial charge < -0.3 is 5.11 Å². The third-order valence-electron chi connectivity index (χ3n) is 4.58. The molecule has 0 bridgehead atoms. The molecule has 1 N–H and O–H groups in total. The van der Waals surface area contributed by atoms with E-state index in [2.05, 4.69) is 4.98 Å². The molecule has 146 valence electrons. The molecule has 3 rings (SSSR count). The van der Waals surface area contributed by atoms with Crippen LogP contribution in [-0.4, -0.2) is 31.2 Å². The first-order valence-electron chi connectivity index (χ1n) is 8.92. The summed E-state index contributed by atoms with van der Waals surface area (Å²) >= 11 is 0. The van der Waals surface area contributed by atoms with Gasteiger partial charge in [0.2, 0.25) is 0 Å². The van der Waals surface area contributed by atoms with E-state index >= 15 is 0 Å². The van der Waals surface area contributed by atoms with Crippen LogP contribution in [0.1, 0.15) is 39.6 Å². The van der Waals surface area contributed by atoms with Crippen molar-refractivity contribution < 1.29 is 14.3 Å². The van der Waals surface area contributed by atoms with E-state index in [1.165, 1.54) is 21.6 Å². The smallest absolute Gasteiger partial charge is 0.408 e. The van der Waals surface area contributed by atoms with Gasteiger partial charge in [-0.1, -0.05) is 24.3 Å². The number of benzene rings is 2. The third kappa shape index (κ3) is 3.35. The second-order valence-electron chi connectivity index (χ2n) is 7.58. The fourth-order valence-electron chi connectivity index (χ4n) is 3.46. The van der Waals surface area contributed by atoms with Crippen molar-refractivity contribution >= 4 is 17.0 Å². The van der Waals surface area contributed by atoms with Gasteiger partial charge in [0.05, 0.1) is 17.2 Å². The van der Waals surface area contributed by atoms with Crippen molar-refractivity contribution in [3.63, 3.8) is 0 Å². The molecule has 1 amide bonds. The minimum Gasteiger partial charge on any atom is -0.465 e. The van der Waals surface area contributed by atoms with Gasteiger partial charge in [-0.05, 0) is 52.0 Å². The minimum atomic E-state index is -1.13. The van der Waals surface area contributed by atoms with E-state index in [-0.39, 0.29) is 16.7 Å². The predicted molar refractivity (Wildman–Crippen MR) is 105 cm³/mol. The zero-order chi connectivity index (χ0) is 20.6. The molecular formula is C21H22FN3O3. The lowest BCUT2D eigenvalue weighted by Gasteiger charge is -2.38. The molecule has 1 heterocycles. The number of rotatable bonds is 3. The monoisotopic (exact) mass is 383 g/mol. The highest BCUT2D eigenvalue weighted by Gasteiger charge is 2.34. The molecule has 7 heteroatoms. The highest BCUT2D eigenvalue weighted by molar-refractivity contribution is 5.78. The minimum absolute atomic E-state index is 0.125. The van der Waals surface area contributed by atoms with E-state index in [0.29, 0.717) is 5.69 Å². The first-order valence-corrected chi connectivity index (χ1v) is 8.92. The largest absolute Gasteiger partial charge is 0.465 e. The molecule has 3 aromatic rings. The van der Waals surface area contributed by atoms with Crippen LogP contribution >= 0.6 is 0 Å². The Morgan fingerprint density at radius 1 is 1.14 bits per heavy atom. The average molecular weight is 383 g/mol. The Balaban J connectivity index is 2.39. The summed E-state index contributed by atoms with van der Waals surface area (Å²) in [5.41, 5.74) is -0.624. The second-order valence-corrected chi connectivity index (χ2v) is 7.58. The van der Waals surface area contributed by atoms with E-state index in [9.17, 15) is 19.1 Å². The molecule has 0 radical (unpaired) electrons.